The van der Waals surface area contributed by atoms with E-state index < -0.39 is 0 Å². The lowest BCUT2D eigenvalue weighted by molar-refractivity contribution is -0.639. The minimum atomic E-state index is 0.330. The Kier molecular flexibility index (Phi) is 3.76. The molecule has 0 aliphatic rings. The van der Waals surface area contributed by atoms with Gasteiger partial charge in [-0.2, -0.15) is 4.98 Å². The fourth-order valence-electron chi connectivity index (χ4n) is 0.841. The van der Waals surface area contributed by atoms with E-state index in [0.29, 0.717) is 17.6 Å². The second kappa shape index (κ2) is 4.87. The van der Waals surface area contributed by atoms with Crippen molar-refractivity contribution < 1.29 is 9.41 Å². The molecule has 5 heteroatoms. The molecular formula is C8H13ClN3O+. The van der Waals surface area contributed by atoms with Crippen molar-refractivity contribution in [3.05, 3.63) is 17.5 Å². The van der Waals surface area contributed by atoms with E-state index in [9.17, 15) is 0 Å². The lowest BCUT2D eigenvalue weighted by Gasteiger charge is -2.01. The molecule has 0 atom stereocenters. The molecule has 0 aromatic carbocycles. The zero-order valence-electron chi connectivity index (χ0n) is 7.53. The van der Waals surface area contributed by atoms with E-state index in [2.05, 4.69) is 11.9 Å². The molecule has 2 N–H and O–H groups in total. The van der Waals surface area contributed by atoms with Crippen LogP contribution < -0.4 is 15.3 Å². The van der Waals surface area contributed by atoms with E-state index in [1.165, 1.54) is 10.9 Å². The maximum atomic E-state index is 5.67. The van der Waals surface area contributed by atoms with Crippen molar-refractivity contribution in [3.8, 4) is 5.88 Å². The van der Waals surface area contributed by atoms with Gasteiger partial charge in [0.1, 0.15) is 0 Å². The lowest BCUT2D eigenvalue weighted by atomic mass is 10.4. The molecule has 0 radical (unpaired) electrons. The number of nitrogens with zero attached hydrogens (tertiary/aromatic N) is 2. The van der Waals surface area contributed by atoms with Crippen molar-refractivity contribution in [1.29, 1.82) is 0 Å². The van der Waals surface area contributed by atoms with Gasteiger partial charge < -0.3 is 4.74 Å². The largest absolute Gasteiger partial charge is 0.473 e. The number of aromatic nitrogens is 2. The van der Waals surface area contributed by atoms with Gasteiger partial charge >= 0.3 is 0 Å². The van der Waals surface area contributed by atoms with Crippen LogP contribution in [0.25, 0.3) is 0 Å². The van der Waals surface area contributed by atoms with Crippen molar-refractivity contribution in [2.24, 2.45) is 0 Å². The van der Waals surface area contributed by atoms with Gasteiger partial charge in [0.15, 0.2) is 5.15 Å². The maximum absolute atomic E-state index is 5.67. The predicted octanol–water partition coefficient (Wildman–Crippen LogP) is 0.915. The van der Waals surface area contributed by atoms with E-state index in [-0.39, 0.29) is 0 Å². The first-order chi connectivity index (χ1) is 6.22. The summed E-state index contributed by atoms with van der Waals surface area (Å²) in [6.45, 7) is 2.74. The van der Waals surface area contributed by atoms with E-state index in [4.69, 9.17) is 22.2 Å². The number of halogens is 1. The minimum Gasteiger partial charge on any atom is -0.473 e. The SMILES string of the molecule is CCCCOc1c[n+](N)cc(Cl)n1. The van der Waals surface area contributed by atoms with Gasteiger partial charge in [-0.3, -0.25) is 0 Å². The van der Waals surface area contributed by atoms with Gasteiger partial charge in [-0.25, -0.2) is 5.84 Å². The molecule has 72 valence electrons. The summed E-state index contributed by atoms with van der Waals surface area (Å²) in [4.78, 5) is 3.95. The van der Waals surface area contributed by atoms with E-state index >= 15 is 0 Å². The molecule has 1 aromatic heterocycles. The highest BCUT2D eigenvalue weighted by Gasteiger charge is 2.05. The van der Waals surface area contributed by atoms with E-state index in [1.54, 1.807) is 6.20 Å². The van der Waals surface area contributed by atoms with Crippen LogP contribution in [-0.2, 0) is 0 Å². The van der Waals surface area contributed by atoms with Crippen LogP contribution >= 0.6 is 11.6 Å². The normalized spacial score (nSPS) is 10.0. The van der Waals surface area contributed by atoms with Crippen LogP contribution in [0.1, 0.15) is 19.8 Å². The number of nitrogen functional groups attached to an aromatic ring is 1. The van der Waals surface area contributed by atoms with Crippen LogP contribution in [0, 0.1) is 0 Å². The Morgan fingerprint density at radius 1 is 1.62 bits per heavy atom. The van der Waals surface area contributed by atoms with Gasteiger partial charge in [-0.1, -0.05) is 29.6 Å². The summed E-state index contributed by atoms with van der Waals surface area (Å²) in [5.41, 5.74) is 0. The Labute approximate surface area is 82.3 Å². The molecule has 0 spiro atoms. The zero-order chi connectivity index (χ0) is 9.68. The first-order valence-electron chi connectivity index (χ1n) is 4.19. The number of unbranched alkanes of at least 4 members (excludes halogenated alkanes) is 1. The van der Waals surface area contributed by atoms with Crippen LogP contribution in [0.3, 0.4) is 0 Å². The van der Waals surface area contributed by atoms with Crippen molar-refractivity contribution >= 4 is 11.6 Å². The number of ether oxygens (including phenoxy) is 1. The first-order valence-corrected chi connectivity index (χ1v) is 4.57. The van der Waals surface area contributed by atoms with Crippen LogP contribution in [0.15, 0.2) is 12.4 Å². The molecular weight excluding hydrogens is 190 g/mol. The molecule has 0 aliphatic heterocycles. The molecule has 0 bridgehead atoms. The van der Waals surface area contributed by atoms with Crippen LogP contribution in [0.2, 0.25) is 5.15 Å². The fraction of sp³-hybridized carbons (Fsp3) is 0.500. The third-order valence-corrected chi connectivity index (χ3v) is 1.66. The Hall–Kier alpha value is -1.03. The fourth-order valence-corrected chi connectivity index (χ4v) is 1.04. The molecule has 0 aliphatic carbocycles. The van der Waals surface area contributed by atoms with Gasteiger partial charge in [0.25, 0.3) is 12.1 Å². The van der Waals surface area contributed by atoms with Crippen LogP contribution in [0.5, 0.6) is 5.88 Å². The first kappa shape index (κ1) is 10.1. The van der Waals surface area contributed by atoms with Gasteiger partial charge in [-0.15, -0.1) is 0 Å². The monoisotopic (exact) mass is 202 g/mol. The van der Waals surface area contributed by atoms with Crippen molar-refractivity contribution in [2.45, 2.75) is 19.8 Å². The topological polar surface area (TPSA) is 52.0 Å². The number of hydrogen-bond donors (Lipinski definition) is 1. The highest BCUT2D eigenvalue weighted by Crippen LogP contribution is 2.07. The van der Waals surface area contributed by atoms with Gasteiger partial charge in [-0.05, 0) is 6.42 Å². The number of hydrogen-bond acceptors (Lipinski definition) is 3. The minimum absolute atomic E-state index is 0.330. The summed E-state index contributed by atoms with van der Waals surface area (Å²) in [6, 6.07) is 0. The molecule has 0 unspecified atom stereocenters. The molecule has 1 rings (SSSR count). The smallest absolute Gasteiger partial charge is 0.284 e. The molecule has 13 heavy (non-hydrogen) atoms. The maximum Gasteiger partial charge on any atom is 0.284 e. The summed E-state index contributed by atoms with van der Waals surface area (Å²) in [5, 5.41) is 0.330. The summed E-state index contributed by atoms with van der Waals surface area (Å²) in [5.74, 6) is 5.94. The summed E-state index contributed by atoms with van der Waals surface area (Å²) < 4.78 is 6.64. The molecule has 4 nitrogen and oxygen atoms in total. The second-order valence-corrected chi connectivity index (χ2v) is 3.07. The third-order valence-electron chi connectivity index (χ3n) is 1.48. The zero-order valence-corrected chi connectivity index (χ0v) is 8.29. The van der Waals surface area contributed by atoms with Crippen LogP contribution in [0.4, 0.5) is 0 Å². The molecule has 1 heterocycles. The average Bonchev–Trinajstić information content (AvgIpc) is 2.03. The Balaban J connectivity index is 2.56. The second-order valence-electron chi connectivity index (χ2n) is 2.68. The predicted molar refractivity (Wildman–Crippen MR) is 50.0 cm³/mol. The highest BCUT2D eigenvalue weighted by molar-refractivity contribution is 6.29. The number of nitrogens with two attached hydrogens (primary N) is 1. The molecule has 1 aromatic rings. The molecule has 0 saturated carbocycles. The van der Waals surface area contributed by atoms with Crippen molar-refractivity contribution in [2.75, 3.05) is 12.4 Å². The summed E-state index contributed by atoms with van der Waals surface area (Å²) >= 11 is 5.67. The van der Waals surface area contributed by atoms with E-state index in [1.807, 2.05) is 0 Å². The van der Waals surface area contributed by atoms with Gasteiger partial charge in [0, 0.05) is 0 Å². The standard InChI is InChI=1S/C8H13ClN3O/c1-2-3-4-13-8-6-12(10)5-7(9)11-8/h5-6H,2-4H2,1H3,(H2,10,11)/q+1. The molecule has 0 fully saturated rings. The van der Waals surface area contributed by atoms with Crippen molar-refractivity contribution in [1.82, 2.24) is 4.98 Å². The van der Waals surface area contributed by atoms with E-state index in [0.717, 1.165) is 12.8 Å². The lowest BCUT2D eigenvalue weighted by Crippen LogP contribution is -2.43. The summed E-state index contributed by atoms with van der Waals surface area (Å²) in [7, 11) is 0. The Morgan fingerprint density at radius 3 is 3.00 bits per heavy atom. The average molecular weight is 203 g/mol. The third kappa shape index (κ3) is 3.46. The quantitative estimate of drug-likeness (QED) is 0.449. The molecule has 0 saturated heterocycles. The summed E-state index contributed by atoms with van der Waals surface area (Å²) in [6.07, 6.45) is 5.18. The highest BCUT2D eigenvalue weighted by atomic mass is 35.5. The Bertz CT molecular complexity index is 260. The van der Waals surface area contributed by atoms with Crippen LogP contribution in [-0.4, -0.2) is 11.6 Å². The molecule has 0 amide bonds. The van der Waals surface area contributed by atoms with Gasteiger partial charge in [0.05, 0.1) is 6.61 Å². The van der Waals surface area contributed by atoms with Crippen molar-refractivity contribution in [3.63, 3.8) is 0 Å². The Morgan fingerprint density at radius 2 is 2.38 bits per heavy atom. The number of rotatable bonds is 4. The van der Waals surface area contributed by atoms with Gasteiger partial charge in [0.2, 0.25) is 6.20 Å².